The fraction of sp³-hybridized carbons (Fsp3) is 0.250. The average Bonchev–Trinajstić information content (AvgIpc) is 1.81. The topological polar surface area (TPSA) is 0 Å². The Bertz CT molecular complexity index is 154. The van der Waals surface area contributed by atoms with E-state index in [-0.39, 0.29) is 0 Å². The second-order valence-corrected chi connectivity index (χ2v) is 1.12. The molecule has 0 bridgehead atoms. The van der Waals surface area contributed by atoms with Crippen molar-refractivity contribution in [1.29, 1.82) is 0 Å². The summed E-state index contributed by atoms with van der Waals surface area (Å²) in [4.78, 5) is 0. The Morgan fingerprint density at radius 1 is 0.875 bits per heavy atom. The van der Waals surface area contributed by atoms with Crippen molar-refractivity contribution < 1.29 is 0 Å². The average molecular weight is 104 g/mol. The molecule has 0 radical (unpaired) electrons. The predicted molar refractivity (Wildman–Crippen MR) is 36.0 cm³/mol. The second-order valence-electron chi connectivity index (χ2n) is 1.12. The van der Waals surface area contributed by atoms with Crippen LogP contribution in [0.2, 0.25) is 0 Å². The van der Waals surface area contributed by atoms with E-state index in [9.17, 15) is 0 Å². The van der Waals surface area contributed by atoms with E-state index in [1.807, 2.05) is 0 Å². The van der Waals surface area contributed by atoms with Gasteiger partial charge >= 0.3 is 0 Å². The van der Waals surface area contributed by atoms with Gasteiger partial charge < -0.3 is 0 Å². The van der Waals surface area contributed by atoms with Crippen LogP contribution in [0.1, 0.15) is 13.8 Å². The van der Waals surface area contributed by atoms with Crippen molar-refractivity contribution in [1.82, 2.24) is 0 Å². The van der Waals surface area contributed by atoms with Gasteiger partial charge in [0.1, 0.15) is 0 Å². The lowest BCUT2D eigenvalue weighted by atomic mass is 10.5. The van der Waals surface area contributed by atoms with Gasteiger partial charge in [0.25, 0.3) is 0 Å². The summed E-state index contributed by atoms with van der Waals surface area (Å²) in [5, 5.41) is 0. The summed E-state index contributed by atoms with van der Waals surface area (Å²) in [6.45, 7) is 3.59. The summed E-state index contributed by atoms with van der Waals surface area (Å²) >= 11 is 0. The van der Waals surface area contributed by atoms with Crippen LogP contribution in [0.25, 0.3) is 0 Å². The van der Waals surface area contributed by atoms with Crippen molar-refractivity contribution in [2.45, 2.75) is 13.8 Å². The Balaban J connectivity index is 3.56. The van der Waals surface area contributed by atoms with E-state index in [1.54, 1.807) is 26.0 Å². The first-order valence-electron chi connectivity index (χ1n) is 2.41. The Labute approximate surface area is 50.6 Å². The molecule has 0 unspecified atom stereocenters. The Kier molecular flexibility index (Phi) is 5.02. The van der Waals surface area contributed by atoms with E-state index in [2.05, 4.69) is 23.7 Å². The van der Waals surface area contributed by atoms with Crippen LogP contribution in [0.5, 0.6) is 0 Å². The molecule has 0 heteroatoms. The largest absolute Gasteiger partial charge is 0.102 e. The normalized spacial score (nSPS) is 6.75. The summed E-state index contributed by atoms with van der Waals surface area (Å²) in [5.74, 6) is 10.9. The summed E-state index contributed by atoms with van der Waals surface area (Å²) in [5.41, 5.74) is 0. The first kappa shape index (κ1) is 6.86. The highest BCUT2D eigenvalue weighted by atomic mass is 13.6. The molecule has 0 aromatic heterocycles. The minimum absolute atomic E-state index is 1.73. The van der Waals surface area contributed by atoms with Crippen molar-refractivity contribution in [3.63, 3.8) is 0 Å². The molecule has 0 aromatic carbocycles. The molecule has 0 fully saturated rings. The number of hydrogen-bond donors (Lipinski definition) is 0. The predicted octanol–water partition coefficient (Wildman–Crippen LogP) is 1.59. The fourth-order valence-electron chi connectivity index (χ4n) is 0.250. The molecule has 8 heavy (non-hydrogen) atoms. The standard InChI is InChI=1S/C8H8/c1-3-5-7-8-6-4-2/h7-8H,1-2H3/b8-7-. The van der Waals surface area contributed by atoms with Crippen LogP contribution in [0.3, 0.4) is 0 Å². The van der Waals surface area contributed by atoms with Crippen LogP contribution < -0.4 is 0 Å². The van der Waals surface area contributed by atoms with Crippen molar-refractivity contribution in [3.05, 3.63) is 12.2 Å². The quantitative estimate of drug-likeness (QED) is 0.409. The monoisotopic (exact) mass is 104 g/mol. The fourth-order valence-corrected chi connectivity index (χ4v) is 0.250. The van der Waals surface area contributed by atoms with Crippen LogP contribution in [-0.2, 0) is 0 Å². The van der Waals surface area contributed by atoms with Crippen molar-refractivity contribution in [3.8, 4) is 23.7 Å². The zero-order valence-corrected chi connectivity index (χ0v) is 5.15. The summed E-state index contributed by atoms with van der Waals surface area (Å²) in [6, 6.07) is 0. The first-order chi connectivity index (χ1) is 3.91. The van der Waals surface area contributed by atoms with Crippen molar-refractivity contribution in [2.75, 3.05) is 0 Å². The molecule has 0 N–H and O–H groups in total. The zero-order chi connectivity index (χ0) is 6.24. The highest BCUT2D eigenvalue weighted by molar-refractivity contribution is 5.23. The number of hydrogen-bond acceptors (Lipinski definition) is 0. The van der Waals surface area contributed by atoms with Gasteiger partial charge in [-0.05, 0) is 26.0 Å². The third-order valence-electron chi connectivity index (χ3n) is 0.539. The Morgan fingerprint density at radius 3 is 1.50 bits per heavy atom. The summed E-state index contributed by atoms with van der Waals surface area (Å²) < 4.78 is 0. The molecule has 0 amide bonds. The molecule has 0 rings (SSSR count). The van der Waals surface area contributed by atoms with Crippen molar-refractivity contribution >= 4 is 0 Å². The maximum Gasteiger partial charge on any atom is -0.00235 e. The van der Waals surface area contributed by atoms with Crippen LogP contribution >= 0.6 is 0 Å². The third-order valence-corrected chi connectivity index (χ3v) is 0.539. The first-order valence-corrected chi connectivity index (χ1v) is 2.41. The van der Waals surface area contributed by atoms with Crippen LogP contribution in [0, 0.1) is 23.7 Å². The number of rotatable bonds is 0. The highest BCUT2D eigenvalue weighted by Gasteiger charge is 1.52. The molecular weight excluding hydrogens is 96.1 g/mol. The van der Waals surface area contributed by atoms with Gasteiger partial charge in [0.15, 0.2) is 0 Å². The van der Waals surface area contributed by atoms with Crippen LogP contribution in [0.4, 0.5) is 0 Å². The zero-order valence-electron chi connectivity index (χ0n) is 5.15. The minimum Gasteiger partial charge on any atom is -0.102 e. The van der Waals surface area contributed by atoms with Gasteiger partial charge in [-0.2, -0.15) is 0 Å². The van der Waals surface area contributed by atoms with Gasteiger partial charge in [-0.3, -0.25) is 0 Å². The van der Waals surface area contributed by atoms with E-state index in [4.69, 9.17) is 0 Å². The van der Waals surface area contributed by atoms with E-state index in [0.717, 1.165) is 0 Å². The molecule has 0 saturated heterocycles. The van der Waals surface area contributed by atoms with E-state index in [1.165, 1.54) is 0 Å². The summed E-state index contributed by atoms with van der Waals surface area (Å²) in [7, 11) is 0. The van der Waals surface area contributed by atoms with Gasteiger partial charge in [-0.25, -0.2) is 0 Å². The van der Waals surface area contributed by atoms with Gasteiger partial charge in [-0.15, -0.1) is 11.8 Å². The Hall–Kier alpha value is -1.14. The minimum atomic E-state index is 1.73. The Morgan fingerprint density at radius 2 is 1.25 bits per heavy atom. The molecule has 0 nitrogen and oxygen atoms in total. The van der Waals surface area contributed by atoms with E-state index in [0.29, 0.717) is 0 Å². The van der Waals surface area contributed by atoms with Crippen LogP contribution in [-0.4, -0.2) is 0 Å². The van der Waals surface area contributed by atoms with Gasteiger partial charge in [-0.1, -0.05) is 11.8 Å². The molecular formula is C8H8. The lowest BCUT2D eigenvalue weighted by Gasteiger charge is -1.59. The molecule has 0 aliphatic heterocycles. The van der Waals surface area contributed by atoms with Crippen LogP contribution in [0.15, 0.2) is 12.2 Å². The maximum atomic E-state index is 2.75. The SMILES string of the molecule is CC#C/C=C\C#CC. The van der Waals surface area contributed by atoms with Crippen molar-refractivity contribution in [2.24, 2.45) is 0 Å². The lowest BCUT2D eigenvalue weighted by molar-refractivity contribution is 1.89. The molecule has 0 heterocycles. The summed E-state index contributed by atoms with van der Waals surface area (Å²) in [6.07, 6.45) is 3.47. The number of allylic oxidation sites excluding steroid dienone is 2. The molecule has 0 aliphatic carbocycles. The smallest absolute Gasteiger partial charge is 0.00235 e. The van der Waals surface area contributed by atoms with Gasteiger partial charge in [0.05, 0.1) is 0 Å². The molecule has 0 aromatic rings. The highest BCUT2D eigenvalue weighted by Crippen LogP contribution is 1.64. The van der Waals surface area contributed by atoms with E-state index >= 15 is 0 Å². The second kappa shape index (κ2) is 5.86. The van der Waals surface area contributed by atoms with E-state index < -0.39 is 0 Å². The third kappa shape index (κ3) is 4.86. The molecule has 0 atom stereocenters. The lowest BCUT2D eigenvalue weighted by Crippen LogP contribution is -1.47. The molecule has 0 spiro atoms. The maximum absolute atomic E-state index is 2.75. The molecule has 40 valence electrons. The van der Waals surface area contributed by atoms with Gasteiger partial charge in [0.2, 0.25) is 0 Å². The molecule has 0 saturated carbocycles. The molecule has 0 aliphatic rings. The van der Waals surface area contributed by atoms with Gasteiger partial charge in [0, 0.05) is 0 Å².